The highest BCUT2D eigenvalue weighted by molar-refractivity contribution is 5.76. The molecule has 2 aromatic rings. The molecule has 6 nitrogen and oxygen atoms in total. The first kappa shape index (κ1) is 10.4. The van der Waals surface area contributed by atoms with Crippen LogP contribution in [0, 0.1) is 0 Å². The molecule has 1 heterocycles. The molecular weight excluding hydrogens is 210 g/mol. The number of nitrogens with two attached hydrogens (primary N) is 1. The normalized spacial score (nSPS) is 10.6. The first-order valence-electron chi connectivity index (χ1n) is 4.80. The minimum atomic E-state index is -0.480. The number of hydrogen-bond donors (Lipinski definition) is 3. The molecule has 1 aromatic heterocycles. The predicted octanol–water partition coefficient (Wildman–Crippen LogP) is 0.0436. The summed E-state index contributed by atoms with van der Waals surface area (Å²) in [6.45, 7) is 0. The van der Waals surface area contributed by atoms with Gasteiger partial charge in [0.05, 0.1) is 5.52 Å². The number of amides is 1. The van der Waals surface area contributed by atoms with Crippen LogP contribution in [-0.4, -0.2) is 10.9 Å². The van der Waals surface area contributed by atoms with Crippen molar-refractivity contribution >= 4 is 17.0 Å². The number of hydrazine groups is 1. The summed E-state index contributed by atoms with van der Waals surface area (Å²) in [6, 6.07) is 5.31. The van der Waals surface area contributed by atoms with E-state index in [0.717, 1.165) is 5.56 Å². The van der Waals surface area contributed by atoms with Crippen molar-refractivity contribution in [2.45, 2.75) is 12.8 Å². The molecule has 0 aliphatic rings. The number of hydrogen-bond acceptors (Lipinski definition) is 4. The minimum absolute atomic E-state index is 0.226. The van der Waals surface area contributed by atoms with Gasteiger partial charge >= 0.3 is 5.76 Å². The van der Waals surface area contributed by atoms with Gasteiger partial charge in [-0.25, -0.2) is 10.6 Å². The van der Waals surface area contributed by atoms with Crippen LogP contribution >= 0.6 is 0 Å². The van der Waals surface area contributed by atoms with E-state index >= 15 is 0 Å². The van der Waals surface area contributed by atoms with Gasteiger partial charge in [-0.3, -0.25) is 15.2 Å². The summed E-state index contributed by atoms with van der Waals surface area (Å²) in [5, 5.41) is 0. The van der Waals surface area contributed by atoms with Crippen molar-refractivity contribution in [1.29, 1.82) is 0 Å². The Morgan fingerprint density at radius 2 is 2.31 bits per heavy atom. The smallest absolute Gasteiger partial charge is 0.408 e. The lowest BCUT2D eigenvalue weighted by molar-refractivity contribution is -0.121. The Balaban J connectivity index is 2.19. The molecule has 0 atom stereocenters. The minimum Gasteiger partial charge on any atom is -0.408 e. The molecule has 0 unspecified atom stereocenters. The largest absolute Gasteiger partial charge is 0.417 e. The van der Waals surface area contributed by atoms with E-state index in [0.29, 0.717) is 23.9 Å². The third kappa shape index (κ3) is 2.12. The lowest BCUT2D eigenvalue weighted by Gasteiger charge is -2.00. The molecule has 2 rings (SSSR count). The van der Waals surface area contributed by atoms with Gasteiger partial charge in [-0.1, -0.05) is 6.07 Å². The summed E-state index contributed by atoms with van der Waals surface area (Å²) >= 11 is 0. The van der Waals surface area contributed by atoms with Crippen molar-refractivity contribution in [2.24, 2.45) is 5.84 Å². The van der Waals surface area contributed by atoms with Crippen molar-refractivity contribution < 1.29 is 9.21 Å². The van der Waals surface area contributed by atoms with Crippen LogP contribution < -0.4 is 17.0 Å². The number of aryl methyl sites for hydroxylation is 1. The summed E-state index contributed by atoms with van der Waals surface area (Å²) in [5.41, 5.74) is 4.12. The molecule has 0 aliphatic carbocycles. The maximum Gasteiger partial charge on any atom is 0.417 e. The molecule has 0 bridgehead atoms. The van der Waals surface area contributed by atoms with Crippen LogP contribution in [0.15, 0.2) is 27.4 Å². The number of carbonyl (C=O) groups is 1. The summed E-state index contributed by atoms with van der Waals surface area (Å²) in [7, 11) is 0. The Labute approximate surface area is 90.4 Å². The van der Waals surface area contributed by atoms with E-state index in [1.807, 2.05) is 6.07 Å². The molecule has 16 heavy (non-hydrogen) atoms. The van der Waals surface area contributed by atoms with Crippen molar-refractivity contribution in [3.8, 4) is 0 Å². The zero-order valence-electron chi connectivity index (χ0n) is 8.45. The van der Waals surface area contributed by atoms with Crippen LogP contribution in [0.4, 0.5) is 0 Å². The second kappa shape index (κ2) is 4.19. The number of benzene rings is 1. The van der Waals surface area contributed by atoms with E-state index < -0.39 is 5.76 Å². The van der Waals surface area contributed by atoms with Crippen molar-refractivity contribution in [1.82, 2.24) is 10.4 Å². The molecular formula is C10H11N3O3. The van der Waals surface area contributed by atoms with Gasteiger partial charge in [0, 0.05) is 6.42 Å². The average Bonchev–Trinajstić information content (AvgIpc) is 2.65. The molecule has 1 aromatic carbocycles. The first-order chi connectivity index (χ1) is 7.69. The summed E-state index contributed by atoms with van der Waals surface area (Å²) < 4.78 is 4.91. The van der Waals surface area contributed by atoms with E-state index in [4.69, 9.17) is 10.3 Å². The number of aromatic nitrogens is 1. The third-order valence-corrected chi connectivity index (χ3v) is 2.29. The van der Waals surface area contributed by atoms with Crippen LogP contribution in [0.5, 0.6) is 0 Å². The Kier molecular flexibility index (Phi) is 2.74. The Morgan fingerprint density at radius 3 is 3.06 bits per heavy atom. The van der Waals surface area contributed by atoms with Gasteiger partial charge in [0.25, 0.3) is 0 Å². The molecule has 0 saturated heterocycles. The van der Waals surface area contributed by atoms with Crippen LogP contribution in [-0.2, 0) is 11.2 Å². The zero-order valence-corrected chi connectivity index (χ0v) is 8.45. The summed E-state index contributed by atoms with van der Waals surface area (Å²) in [6.07, 6.45) is 0.852. The predicted molar refractivity (Wildman–Crippen MR) is 57.5 cm³/mol. The highest BCUT2D eigenvalue weighted by Crippen LogP contribution is 2.13. The van der Waals surface area contributed by atoms with Crippen LogP contribution in [0.1, 0.15) is 12.0 Å². The van der Waals surface area contributed by atoms with Gasteiger partial charge in [0.15, 0.2) is 5.58 Å². The Morgan fingerprint density at radius 1 is 1.50 bits per heavy atom. The summed E-state index contributed by atoms with van der Waals surface area (Å²) in [5.74, 6) is 4.26. The molecule has 1 amide bonds. The van der Waals surface area contributed by atoms with Crippen molar-refractivity contribution in [2.75, 3.05) is 0 Å². The van der Waals surface area contributed by atoms with Gasteiger partial charge in [0.2, 0.25) is 5.91 Å². The molecule has 0 saturated carbocycles. The SMILES string of the molecule is NNC(=O)CCc1ccc2[nH]c(=O)oc2c1. The number of fused-ring (bicyclic) bond motifs is 1. The molecule has 0 spiro atoms. The van der Waals surface area contributed by atoms with Crippen LogP contribution in [0.3, 0.4) is 0 Å². The molecule has 6 heteroatoms. The number of aromatic amines is 1. The molecule has 4 N–H and O–H groups in total. The van der Waals surface area contributed by atoms with Crippen LogP contribution in [0.25, 0.3) is 11.1 Å². The average molecular weight is 221 g/mol. The summed E-state index contributed by atoms with van der Waals surface area (Å²) in [4.78, 5) is 24.4. The second-order valence-electron chi connectivity index (χ2n) is 3.41. The van der Waals surface area contributed by atoms with E-state index in [2.05, 4.69) is 10.4 Å². The third-order valence-electron chi connectivity index (χ3n) is 2.29. The van der Waals surface area contributed by atoms with Gasteiger partial charge < -0.3 is 4.42 Å². The number of rotatable bonds is 3. The van der Waals surface area contributed by atoms with Gasteiger partial charge in [-0.15, -0.1) is 0 Å². The first-order valence-corrected chi connectivity index (χ1v) is 4.80. The lowest BCUT2D eigenvalue weighted by Crippen LogP contribution is -2.30. The Hall–Kier alpha value is -2.08. The zero-order chi connectivity index (χ0) is 11.5. The Bertz CT molecular complexity index is 570. The van der Waals surface area contributed by atoms with E-state index in [1.165, 1.54) is 0 Å². The van der Waals surface area contributed by atoms with Gasteiger partial charge in [-0.05, 0) is 24.1 Å². The monoisotopic (exact) mass is 221 g/mol. The maximum atomic E-state index is 10.9. The highest BCUT2D eigenvalue weighted by Gasteiger charge is 2.04. The number of nitrogens with one attached hydrogen (secondary N) is 2. The standard InChI is InChI=1S/C10H11N3O3/c11-13-9(14)4-2-6-1-3-7-8(5-6)16-10(15)12-7/h1,3,5H,2,4,11H2,(H,12,15)(H,13,14). The van der Waals surface area contributed by atoms with E-state index in [-0.39, 0.29) is 5.91 Å². The number of oxazole rings is 1. The van der Waals surface area contributed by atoms with Crippen molar-refractivity contribution in [3.63, 3.8) is 0 Å². The second-order valence-corrected chi connectivity index (χ2v) is 3.41. The van der Waals surface area contributed by atoms with Gasteiger partial charge in [0.1, 0.15) is 0 Å². The van der Waals surface area contributed by atoms with E-state index in [1.54, 1.807) is 12.1 Å². The quantitative estimate of drug-likeness (QED) is 0.387. The topological polar surface area (TPSA) is 101 Å². The lowest BCUT2D eigenvalue weighted by atomic mass is 10.1. The molecule has 0 aliphatic heterocycles. The fourth-order valence-electron chi connectivity index (χ4n) is 1.48. The van der Waals surface area contributed by atoms with E-state index in [9.17, 15) is 9.59 Å². The molecule has 0 radical (unpaired) electrons. The number of H-pyrrole nitrogens is 1. The van der Waals surface area contributed by atoms with Gasteiger partial charge in [-0.2, -0.15) is 0 Å². The fraction of sp³-hybridized carbons (Fsp3) is 0.200. The van der Waals surface area contributed by atoms with Crippen molar-refractivity contribution in [3.05, 3.63) is 34.3 Å². The van der Waals surface area contributed by atoms with Crippen LogP contribution in [0.2, 0.25) is 0 Å². The fourth-order valence-corrected chi connectivity index (χ4v) is 1.48. The highest BCUT2D eigenvalue weighted by atomic mass is 16.4. The maximum absolute atomic E-state index is 10.9. The number of carbonyl (C=O) groups excluding carboxylic acids is 1. The molecule has 0 fully saturated rings. The molecule has 84 valence electrons.